The number of rotatable bonds is 5. The summed E-state index contributed by atoms with van der Waals surface area (Å²) in [4.78, 5) is 20.0. The van der Waals surface area contributed by atoms with Crippen molar-refractivity contribution in [2.45, 2.75) is 18.5 Å². The first-order valence-electron chi connectivity index (χ1n) is 6.21. The first-order chi connectivity index (χ1) is 9.65. The number of carbonyl (C=O) groups excluding carboxylic acids is 1. The number of hydrogen-bond donors (Lipinski definition) is 2. The van der Waals surface area contributed by atoms with Crippen LogP contribution in [0.4, 0.5) is 11.4 Å². The van der Waals surface area contributed by atoms with Crippen LogP contribution in [0, 0.1) is 6.92 Å². The maximum absolute atomic E-state index is 11.9. The molecule has 0 fully saturated rings. The van der Waals surface area contributed by atoms with Gasteiger partial charge in [0.25, 0.3) is 0 Å². The zero-order valence-electron chi connectivity index (χ0n) is 11.2. The van der Waals surface area contributed by atoms with E-state index in [4.69, 9.17) is 5.73 Å². The van der Waals surface area contributed by atoms with Crippen LogP contribution in [0.1, 0.15) is 12.0 Å². The van der Waals surface area contributed by atoms with E-state index >= 15 is 0 Å². The molecule has 0 unspecified atom stereocenters. The molecule has 1 heterocycles. The lowest BCUT2D eigenvalue weighted by Crippen LogP contribution is -2.13. The molecule has 0 bridgehead atoms. The van der Waals surface area contributed by atoms with Gasteiger partial charge in [-0.25, -0.2) is 9.97 Å². The van der Waals surface area contributed by atoms with Crippen molar-refractivity contribution in [1.82, 2.24) is 9.97 Å². The molecular formula is C14H16N4OS. The van der Waals surface area contributed by atoms with Crippen molar-refractivity contribution in [3.05, 3.63) is 42.2 Å². The van der Waals surface area contributed by atoms with Gasteiger partial charge >= 0.3 is 0 Å². The second-order valence-electron chi connectivity index (χ2n) is 4.25. The fraction of sp³-hybridized carbons (Fsp3) is 0.214. The van der Waals surface area contributed by atoms with Gasteiger partial charge in [0.05, 0.1) is 0 Å². The summed E-state index contributed by atoms with van der Waals surface area (Å²) >= 11 is 1.46. The highest BCUT2D eigenvalue weighted by Gasteiger charge is 2.06. The standard InChI is InChI=1S/C14H16N4OS/c1-10-3-4-11(15)9-12(10)18-13(19)5-8-20-14-16-6-2-7-17-14/h2-4,6-7,9H,5,8,15H2,1H3,(H,18,19). The number of aryl methyl sites for hydroxylation is 1. The number of carbonyl (C=O) groups is 1. The summed E-state index contributed by atoms with van der Waals surface area (Å²) in [6.07, 6.45) is 3.77. The summed E-state index contributed by atoms with van der Waals surface area (Å²) in [6.45, 7) is 1.93. The molecule has 6 heteroatoms. The minimum atomic E-state index is -0.0397. The number of nitrogens with two attached hydrogens (primary N) is 1. The number of benzene rings is 1. The predicted octanol–water partition coefficient (Wildman–Crippen LogP) is 2.49. The van der Waals surface area contributed by atoms with Crippen LogP contribution in [0.2, 0.25) is 0 Å². The Hall–Kier alpha value is -2.08. The molecule has 1 aromatic heterocycles. The van der Waals surface area contributed by atoms with Gasteiger partial charge in [-0.3, -0.25) is 4.79 Å². The van der Waals surface area contributed by atoms with Crippen molar-refractivity contribution in [1.29, 1.82) is 0 Å². The molecule has 2 rings (SSSR count). The zero-order chi connectivity index (χ0) is 14.4. The monoisotopic (exact) mass is 288 g/mol. The molecule has 3 N–H and O–H groups in total. The minimum absolute atomic E-state index is 0.0397. The topological polar surface area (TPSA) is 80.9 Å². The van der Waals surface area contributed by atoms with Crippen LogP contribution in [0.15, 0.2) is 41.8 Å². The van der Waals surface area contributed by atoms with E-state index < -0.39 is 0 Å². The highest BCUT2D eigenvalue weighted by molar-refractivity contribution is 7.99. The second kappa shape index (κ2) is 6.91. The van der Waals surface area contributed by atoms with E-state index in [-0.39, 0.29) is 5.91 Å². The Morgan fingerprint density at radius 2 is 2.10 bits per heavy atom. The average Bonchev–Trinajstić information content (AvgIpc) is 2.44. The fourth-order valence-electron chi connectivity index (χ4n) is 1.58. The van der Waals surface area contributed by atoms with E-state index in [1.54, 1.807) is 24.5 Å². The Labute approximate surface area is 122 Å². The van der Waals surface area contributed by atoms with E-state index in [0.29, 0.717) is 23.0 Å². The lowest BCUT2D eigenvalue weighted by molar-refractivity contribution is -0.115. The molecule has 5 nitrogen and oxygen atoms in total. The molecule has 0 spiro atoms. The van der Waals surface area contributed by atoms with Crippen molar-refractivity contribution in [2.24, 2.45) is 0 Å². The summed E-state index contributed by atoms with van der Waals surface area (Å²) in [6, 6.07) is 7.23. The molecule has 0 aliphatic heterocycles. The lowest BCUT2D eigenvalue weighted by atomic mass is 10.2. The smallest absolute Gasteiger partial charge is 0.225 e. The Morgan fingerprint density at radius 3 is 2.85 bits per heavy atom. The van der Waals surface area contributed by atoms with Gasteiger partial charge in [0.2, 0.25) is 5.91 Å². The SMILES string of the molecule is Cc1ccc(N)cc1NC(=O)CCSc1ncccn1. The summed E-state index contributed by atoms with van der Waals surface area (Å²) < 4.78 is 0. The largest absolute Gasteiger partial charge is 0.399 e. The van der Waals surface area contributed by atoms with Crippen LogP contribution < -0.4 is 11.1 Å². The van der Waals surface area contributed by atoms with Crippen LogP contribution in [-0.4, -0.2) is 21.6 Å². The minimum Gasteiger partial charge on any atom is -0.399 e. The van der Waals surface area contributed by atoms with E-state index in [1.807, 2.05) is 19.1 Å². The number of anilines is 2. The van der Waals surface area contributed by atoms with Gasteiger partial charge in [-0.15, -0.1) is 0 Å². The summed E-state index contributed by atoms with van der Waals surface area (Å²) in [5, 5.41) is 3.55. The quantitative estimate of drug-likeness (QED) is 0.502. The maximum Gasteiger partial charge on any atom is 0.225 e. The van der Waals surface area contributed by atoms with Crippen molar-refractivity contribution in [2.75, 3.05) is 16.8 Å². The molecule has 0 saturated heterocycles. The van der Waals surface area contributed by atoms with Crippen LogP contribution in [0.25, 0.3) is 0 Å². The number of nitrogens with zero attached hydrogens (tertiary/aromatic N) is 2. The number of amides is 1. The highest BCUT2D eigenvalue weighted by Crippen LogP contribution is 2.19. The van der Waals surface area contributed by atoms with Crippen LogP contribution >= 0.6 is 11.8 Å². The first-order valence-corrected chi connectivity index (χ1v) is 7.19. The third kappa shape index (κ3) is 4.24. The van der Waals surface area contributed by atoms with Gasteiger partial charge in [0.1, 0.15) is 0 Å². The van der Waals surface area contributed by atoms with Crippen molar-refractivity contribution in [3.63, 3.8) is 0 Å². The lowest BCUT2D eigenvalue weighted by Gasteiger charge is -2.08. The van der Waals surface area contributed by atoms with Crippen molar-refractivity contribution in [3.8, 4) is 0 Å². The molecule has 20 heavy (non-hydrogen) atoms. The zero-order valence-corrected chi connectivity index (χ0v) is 12.0. The normalized spacial score (nSPS) is 10.2. The van der Waals surface area contributed by atoms with Crippen molar-refractivity contribution >= 4 is 29.0 Å². The number of hydrogen-bond acceptors (Lipinski definition) is 5. The van der Waals surface area contributed by atoms with Crippen LogP contribution in [0.3, 0.4) is 0 Å². The van der Waals surface area contributed by atoms with Gasteiger partial charge in [-0.05, 0) is 30.7 Å². The molecule has 1 amide bonds. The second-order valence-corrected chi connectivity index (χ2v) is 5.31. The molecule has 0 atom stereocenters. The molecule has 104 valence electrons. The third-order valence-electron chi connectivity index (χ3n) is 2.64. The van der Waals surface area contributed by atoms with Crippen LogP contribution in [0.5, 0.6) is 0 Å². The molecular weight excluding hydrogens is 272 g/mol. The van der Waals surface area contributed by atoms with Crippen molar-refractivity contribution < 1.29 is 4.79 Å². The molecule has 0 radical (unpaired) electrons. The van der Waals surface area contributed by atoms with E-state index in [1.165, 1.54) is 11.8 Å². The molecule has 0 saturated carbocycles. The third-order valence-corrected chi connectivity index (χ3v) is 3.52. The predicted molar refractivity (Wildman–Crippen MR) is 81.6 cm³/mol. The Bertz CT molecular complexity index is 589. The summed E-state index contributed by atoms with van der Waals surface area (Å²) in [5.41, 5.74) is 8.10. The molecule has 2 aromatic rings. The van der Waals surface area contributed by atoms with Gasteiger partial charge < -0.3 is 11.1 Å². The average molecular weight is 288 g/mol. The van der Waals surface area contributed by atoms with E-state index in [2.05, 4.69) is 15.3 Å². The molecule has 1 aromatic carbocycles. The van der Waals surface area contributed by atoms with Gasteiger partial charge in [-0.1, -0.05) is 17.8 Å². The highest BCUT2D eigenvalue weighted by atomic mass is 32.2. The number of nitrogen functional groups attached to an aromatic ring is 1. The Kier molecular flexibility index (Phi) is 4.95. The van der Waals surface area contributed by atoms with E-state index in [0.717, 1.165) is 11.3 Å². The number of nitrogens with one attached hydrogen (secondary N) is 1. The van der Waals surface area contributed by atoms with E-state index in [9.17, 15) is 4.79 Å². The summed E-state index contributed by atoms with van der Waals surface area (Å²) in [7, 11) is 0. The summed E-state index contributed by atoms with van der Waals surface area (Å²) in [5.74, 6) is 0.596. The Balaban J connectivity index is 1.82. The van der Waals surface area contributed by atoms with Gasteiger partial charge in [0.15, 0.2) is 5.16 Å². The van der Waals surface area contributed by atoms with Crippen LogP contribution in [-0.2, 0) is 4.79 Å². The maximum atomic E-state index is 11.9. The number of aromatic nitrogens is 2. The molecule has 0 aliphatic rings. The fourth-order valence-corrected chi connectivity index (χ4v) is 2.32. The first kappa shape index (κ1) is 14.3. The van der Waals surface area contributed by atoms with Gasteiger partial charge in [0, 0.05) is 35.9 Å². The van der Waals surface area contributed by atoms with Gasteiger partial charge in [-0.2, -0.15) is 0 Å². The Morgan fingerprint density at radius 1 is 1.35 bits per heavy atom. The number of thioether (sulfide) groups is 1. The molecule has 0 aliphatic carbocycles.